The molecule has 1 aliphatic rings. The van der Waals surface area contributed by atoms with Gasteiger partial charge in [-0.05, 0) is 6.92 Å². The third-order valence-corrected chi connectivity index (χ3v) is 0.129. The van der Waals surface area contributed by atoms with Gasteiger partial charge in [0.15, 0.2) is 0 Å². The van der Waals surface area contributed by atoms with Crippen molar-refractivity contribution in [1.82, 2.24) is 5.43 Å². The van der Waals surface area contributed by atoms with Crippen LogP contribution in [0.1, 0.15) is 6.92 Å². The standard InChI is InChI=1S/C3H6.CH2N2/c1-3-2;1-2-3-1/h3H,1H2,2H3;1H,(H,2,3). The molecule has 1 N–H and O–H groups in total. The summed E-state index contributed by atoms with van der Waals surface area (Å²) in [6.07, 6.45) is 3.38. The molecule has 0 radical (unpaired) electrons. The minimum Gasteiger partial charge on any atom is -0.265 e. The Hall–Kier alpha value is -0.790. The van der Waals surface area contributed by atoms with Gasteiger partial charge >= 0.3 is 0 Å². The molecule has 0 bridgehead atoms. The van der Waals surface area contributed by atoms with Gasteiger partial charge in [0, 0.05) is 0 Å². The zero-order valence-corrected chi connectivity index (χ0v) is 3.81. The fraction of sp³-hybridized carbons (Fsp3) is 0.250. The molecule has 1 rings (SSSR count). The Morgan fingerprint density at radius 2 is 2.17 bits per heavy atom. The number of nitrogens with zero attached hydrogens (tertiary/aromatic N) is 1. The van der Waals surface area contributed by atoms with Gasteiger partial charge in [-0.3, -0.25) is 5.43 Å². The first-order valence-corrected chi connectivity index (χ1v) is 1.76. The monoisotopic (exact) mass is 84.1 g/mol. The van der Waals surface area contributed by atoms with Crippen molar-refractivity contribution in [2.24, 2.45) is 5.10 Å². The molecule has 0 unspecified atom stereocenters. The van der Waals surface area contributed by atoms with Crippen LogP contribution in [-0.2, 0) is 0 Å². The Labute approximate surface area is 37.6 Å². The van der Waals surface area contributed by atoms with E-state index in [1.54, 1.807) is 12.4 Å². The summed E-state index contributed by atoms with van der Waals surface area (Å²) in [5, 5.41) is 3.38. The van der Waals surface area contributed by atoms with Crippen molar-refractivity contribution in [3.8, 4) is 0 Å². The summed E-state index contributed by atoms with van der Waals surface area (Å²) in [6.45, 7) is 5.25. The second-order valence-electron chi connectivity index (χ2n) is 0.796. The van der Waals surface area contributed by atoms with Gasteiger partial charge in [0.2, 0.25) is 0 Å². The van der Waals surface area contributed by atoms with Crippen molar-refractivity contribution < 1.29 is 0 Å². The Morgan fingerprint density at radius 1 is 2.00 bits per heavy atom. The van der Waals surface area contributed by atoms with Crippen molar-refractivity contribution in [1.29, 1.82) is 0 Å². The second kappa shape index (κ2) is 4.21. The molecular weight excluding hydrogens is 76.1 g/mol. The molecule has 34 valence electrons. The van der Waals surface area contributed by atoms with Crippen LogP contribution in [0, 0.1) is 0 Å². The van der Waals surface area contributed by atoms with Crippen LogP contribution in [0.4, 0.5) is 0 Å². The van der Waals surface area contributed by atoms with Gasteiger partial charge in [0.05, 0.1) is 0 Å². The summed E-state index contributed by atoms with van der Waals surface area (Å²) in [5.41, 5.74) is 2.50. The Morgan fingerprint density at radius 3 is 2.17 bits per heavy atom. The number of hydrogen-bond donors (Lipinski definition) is 1. The first kappa shape index (κ1) is 5.21. The van der Waals surface area contributed by atoms with Gasteiger partial charge in [-0.25, -0.2) is 0 Å². The highest BCUT2D eigenvalue weighted by Gasteiger charge is 1.71. The number of rotatable bonds is 0. The number of allylic oxidation sites excluding steroid dienone is 1. The minimum atomic E-state index is 1.62. The zero-order chi connectivity index (χ0) is 4.83. The molecular formula is C4H8N2. The highest BCUT2D eigenvalue weighted by Crippen LogP contribution is 1.56. The van der Waals surface area contributed by atoms with E-state index in [1.807, 2.05) is 6.92 Å². The molecule has 0 aromatic carbocycles. The summed E-state index contributed by atoms with van der Waals surface area (Å²) in [4.78, 5) is 0. The molecule has 0 fully saturated rings. The summed E-state index contributed by atoms with van der Waals surface area (Å²) in [6, 6.07) is 0. The lowest BCUT2D eigenvalue weighted by molar-refractivity contribution is 1.27. The van der Waals surface area contributed by atoms with E-state index < -0.39 is 0 Å². The molecule has 2 heteroatoms. The van der Waals surface area contributed by atoms with Crippen LogP contribution in [-0.4, -0.2) is 6.34 Å². The van der Waals surface area contributed by atoms with Crippen molar-refractivity contribution in [2.45, 2.75) is 6.92 Å². The van der Waals surface area contributed by atoms with Crippen LogP contribution in [0.15, 0.2) is 17.8 Å². The Bertz CT molecular complexity index is 52.6. The van der Waals surface area contributed by atoms with Gasteiger partial charge in [0.25, 0.3) is 0 Å². The van der Waals surface area contributed by atoms with E-state index in [-0.39, 0.29) is 0 Å². The van der Waals surface area contributed by atoms with E-state index in [0.29, 0.717) is 0 Å². The minimum absolute atomic E-state index is 1.62. The molecule has 0 atom stereocenters. The molecule has 0 aromatic heterocycles. The fourth-order valence-corrected chi connectivity index (χ4v) is 0. The summed E-state index contributed by atoms with van der Waals surface area (Å²) >= 11 is 0. The molecule has 0 saturated carbocycles. The molecule has 1 heterocycles. The predicted molar refractivity (Wildman–Crippen MR) is 27.5 cm³/mol. The topological polar surface area (TPSA) is 34.3 Å². The lowest BCUT2D eigenvalue weighted by atomic mass is 10.8. The van der Waals surface area contributed by atoms with Gasteiger partial charge < -0.3 is 0 Å². The van der Waals surface area contributed by atoms with Gasteiger partial charge in [-0.15, -0.1) is 6.58 Å². The molecule has 2 nitrogen and oxygen atoms in total. The number of hydrazone groups is 1. The molecule has 0 spiro atoms. The Balaban J connectivity index is 0.0000000833. The predicted octanol–water partition coefficient (Wildman–Crippen LogP) is 0.725. The molecule has 6 heavy (non-hydrogen) atoms. The third kappa shape index (κ3) is 356. The first-order chi connectivity index (χ1) is 2.91. The second-order valence-corrected chi connectivity index (χ2v) is 0.796. The Kier molecular flexibility index (Phi) is 3.66. The highest BCUT2D eigenvalue weighted by atomic mass is 15.4. The van der Waals surface area contributed by atoms with Crippen molar-refractivity contribution in [3.63, 3.8) is 0 Å². The third-order valence-electron chi connectivity index (χ3n) is 0.129. The van der Waals surface area contributed by atoms with Crippen LogP contribution in [0.5, 0.6) is 0 Å². The van der Waals surface area contributed by atoms with E-state index in [4.69, 9.17) is 0 Å². The van der Waals surface area contributed by atoms with Crippen LogP contribution in [0.2, 0.25) is 0 Å². The largest absolute Gasteiger partial charge is 0.265 e. The number of nitrogens with one attached hydrogen (secondary N) is 1. The fourth-order valence-electron chi connectivity index (χ4n) is 0. The molecule has 0 aromatic rings. The average molecular weight is 84.1 g/mol. The van der Waals surface area contributed by atoms with Gasteiger partial charge in [-0.2, -0.15) is 5.10 Å². The molecule has 0 saturated heterocycles. The maximum atomic E-state index is 3.38. The van der Waals surface area contributed by atoms with Gasteiger partial charge in [0.1, 0.15) is 6.34 Å². The van der Waals surface area contributed by atoms with E-state index in [9.17, 15) is 0 Å². The normalized spacial score (nSPS) is 10.2. The quantitative estimate of drug-likeness (QED) is 0.431. The molecule has 0 aliphatic carbocycles. The van der Waals surface area contributed by atoms with E-state index in [1.165, 1.54) is 0 Å². The van der Waals surface area contributed by atoms with E-state index in [2.05, 4.69) is 17.1 Å². The highest BCUT2D eigenvalue weighted by molar-refractivity contribution is 5.64. The lowest BCUT2D eigenvalue weighted by Crippen LogP contribution is -1.61. The molecule has 1 aliphatic heterocycles. The van der Waals surface area contributed by atoms with Crippen LogP contribution < -0.4 is 5.43 Å². The van der Waals surface area contributed by atoms with Gasteiger partial charge in [-0.1, -0.05) is 6.08 Å². The van der Waals surface area contributed by atoms with Crippen molar-refractivity contribution in [2.75, 3.05) is 0 Å². The smallest absolute Gasteiger partial charge is 0.129 e. The number of hydrogen-bond acceptors (Lipinski definition) is 2. The van der Waals surface area contributed by atoms with Crippen LogP contribution in [0.25, 0.3) is 0 Å². The zero-order valence-electron chi connectivity index (χ0n) is 3.81. The lowest BCUT2D eigenvalue weighted by Gasteiger charge is -1.31. The van der Waals surface area contributed by atoms with E-state index >= 15 is 0 Å². The van der Waals surface area contributed by atoms with Crippen molar-refractivity contribution in [3.05, 3.63) is 12.7 Å². The maximum absolute atomic E-state index is 3.38. The first-order valence-electron chi connectivity index (χ1n) is 1.76. The van der Waals surface area contributed by atoms with E-state index in [0.717, 1.165) is 0 Å². The molecule has 0 amide bonds. The van der Waals surface area contributed by atoms with Crippen molar-refractivity contribution >= 4 is 6.34 Å². The maximum Gasteiger partial charge on any atom is 0.129 e. The average Bonchev–Trinajstić information content (AvgIpc) is 2.11. The van der Waals surface area contributed by atoms with Crippen LogP contribution >= 0.6 is 0 Å². The summed E-state index contributed by atoms with van der Waals surface area (Å²) in [5.74, 6) is 0. The van der Waals surface area contributed by atoms with Crippen LogP contribution in [0.3, 0.4) is 0 Å². The summed E-state index contributed by atoms with van der Waals surface area (Å²) in [7, 11) is 0. The summed E-state index contributed by atoms with van der Waals surface area (Å²) < 4.78 is 0. The SMILES string of the molecule is C1=NN1.C=CC.